The van der Waals surface area contributed by atoms with Crippen molar-refractivity contribution in [2.24, 2.45) is 13.0 Å². The molecule has 138 valence electrons. The number of hydrogen-bond acceptors (Lipinski definition) is 4. The Balaban J connectivity index is 1.43. The van der Waals surface area contributed by atoms with Crippen LogP contribution >= 0.6 is 0 Å². The minimum absolute atomic E-state index is 0.0162. The number of rotatable bonds is 3. The van der Waals surface area contributed by atoms with Crippen molar-refractivity contribution >= 4 is 11.6 Å². The van der Waals surface area contributed by atoms with Crippen LogP contribution < -0.4 is 10.2 Å². The van der Waals surface area contributed by atoms with Gasteiger partial charge in [0.05, 0.1) is 12.1 Å². The molecule has 3 heterocycles. The van der Waals surface area contributed by atoms with E-state index < -0.39 is 0 Å². The maximum atomic E-state index is 13.2. The Morgan fingerprint density at radius 1 is 1.12 bits per heavy atom. The van der Waals surface area contributed by atoms with Gasteiger partial charge in [0.25, 0.3) is 0 Å². The normalized spacial score (nSPS) is 23.9. The number of carbonyl (C=O) groups excluding carboxylic acids is 1. The van der Waals surface area contributed by atoms with E-state index in [1.165, 1.54) is 5.69 Å². The summed E-state index contributed by atoms with van der Waals surface area (Å²) in [4.78, 5) is 17.7. The Morgan fingerprint density at radius 3 is 2.73 bits per heavy atom. The third-order valence-electron chi connectivity index (χ3n) is 5.61. The number of aromatic nitrogens is 2. The zero-order valence-corrected chi connectivity index (χ0v) is 15.3. The highest BCUT2D eigenvalue weighted by molar-refractivity contribution is 5.80. The molecule has 2 fully saturated rings. The molecule has 0 spiro atoms. The van der Waals surface area contributed by atoms with Gasteiger partial charge in [0.1, 0.15) is 0 Å². The first-order valence-electron chi connectivity index (χ1n) is 9.50. The predicted octanol–water partition coefficient (Wildman–Crippen LogP) is 1.46. The van der Waals surface area contributed by atoms with Crippen LogP contribution in [-0.4, -0.2) is 59.9 Å². The number of anilines is 1. The number of nitrogens with one attached hydrogen (secondary N) is 1. The van der Waals surface area contributed by atoms with E-state index in [-0.39, 0.29) is 11.8 Å². The Bertz CT molecular complexity index is 744. The molecule has 2 atom stereocenters. The zero-order chi connectivity index (χ0) is 17.9. The van der Waals surface area contributed by atoms with Crippen molar-refractivity contribution in [1.29, 1.82) is 0 Å². The summed E-state index contributed by atoms with van der Waals surface area (Å²) in [7, 11) is 1.93. The van der Waals surface area contributed by atoms with Crippen LogP contribution in [0.5, 0.6) is 0 Å². The summed E-state index contributed by atoms with van der Waals surface area (Å²) in [5.74, 6) is 0.533. The molecule has 26 heavy (non-hydrogen) atoms. The maximum absolute atomic E-state index is 13.2. The van der Waals surface area contributed by atoms with Gasteiger partial charge in [-0.05, 0) is 24.1 Å². The first-order chi connectivity index (χ1) is 12.7. The van der Waals surface area contributed by atoms with E-state index in [9.17, 15) is 4.79 Å². The van der Waals surface area contributed by atoms with Crippen molar-refractivity contribution in [3.63, 3.8) is 0 Å². The largest absolute Gasteiger partial charge is 0.370 e. The lowest BCUT2D eigenvalue weighted by Gasteiger charge is -2.27. The minimum atomic E-state index is 0.0162. The average molecular weight is 353 g/mol. The highest BCUT2D eigenvalue weighted by atomic mass is 16.2. The third-order valence-corrected chi connectivity index (χ3v) is 5.61. The molecule has 0 unspecified atom stereocenters. The Hall–Kier alpha value is -2.34. The van der Waals surface area contributed by atoms with Gasteiger partial charge in [0.15, 0.2) is 0 Å². The maximum Gasteiger partial charge on any atom is 0.227 e. The summed E-state index contributed by atoms with van der Waals surface area (Å²) < 4.78 is 1.82. The fraction of sp³-hybridized carbons (Fsp3) is 0.500. The lowest BCUT2D eigenvalue weighted by Crippen LogP contribution is -2.41. The average Bonchev–Trinajstić information content (AvgIpc) is 3.24. The number of benzene rings is 1. The van der Waals surface area contributed by atoms with Gasteiger partial charge >= 0.3 is 0 Å². The number of carbonyl (C=O) groups is 1. The second kappa shape index (κ2) is 7.50. The van der Waals surface area contributed by atoms with E-state index >= 15 is 0 Å². The Morgan fingerprint density at radius 2 is 1.96 bits per heavy atom. The smallest absolute Gasteiger partial charge is 0.227 e. The molecule has 6 nitrogen and oxygen atoms in total. The lowest BCUT2D eigenvalue weighted by molar-refractivity contribution is -0.135. The molecule has 2 aliphatic rings. The van der Waals surface area contributed by atoms with Gasteiger partial charge in [-0.3, -0.25) is 9.48 Å². The summed E-state index contributed by atoms with van der Waals surface area (Å²) in [5.41, 5.74) is 2.41. The number of nitrogens with zero attached hydrogens (tertiary/aromatic N) is 4. The van der Waals surface area contributed by atoms with Gasteiger partial charge < -0.3 is 15.1 Å². The molecule has 4 rings (SSSR count). The number of aryl methyl sites for hydroxylation is 1. The molecule has 1 aromatic carbocycles. The van der Waals surface area contributed by atoms with Crippen LogP contribution in [0.4, 0.5) is 5.69 Å². The molecule has 0 aliphatic carbocycles. The van der Waals surface area contributed by atoms with Crippen LogP contribution in [0.25, 0.3) is 0 Å². The molecule has 2 aromatic rings. The summed E-state index contributed by atoms with van der Waals surface area (Å²) in [5, 5.41) is 7.69. The summed E-state index contributed by atoms with van der Waals surface area (Å²) >= 11 is 0. The topological polar surface area (TPSA) is 53.4 Å². The fourth-order valence-corrected chi connectivity index (χ4v) is 4.19. The molecule has 0 radical (unpaired) electrons. The second-order valence-corrected chi connectivity index (χ2v) is 7.32. The molecular formula is C20H27N5O. The lowest BCUT2D eigenvalue weighted by atomic mass is 9.89. The molecule has 0 saturated carbocycles. The molecule has 1 amide bonds. The predicted molar refractivity (Wildman–Crippen MR) is 102 cm³/mol. The van der Waals surface area contributed by atoms with Crippen molar-refractivity contribution in [3.05, 3.63) is 48.3 Å². The van der Waals surface area contributed by atoms with Crippen molar-refractivity contribution in [2.75, 3.05) is 44.2 Å². The summed E-state index contributed by atoms with van der Waals surface area (Å²) in [6, 6.07) is 10.5. The van der Waals surface area contributed by atoms with Crippen molar-refractivity contribution in [2.45, 2.75) is 12.3 Å². The van der Waals surface area contributed by atoms with Crippen molar-refractivity contribution < 1.29 is 4.79 Å². The minimum Gasteiger partial charge on any atom is -0.370 e. The summed E-state index contributed by atoms with van der Waals surface area (Å²) in [6.45, 7) is 5.15. The first kappa shape index (κ1) is 17.1. The fourth-order valence-electron chi connectivity index (χ4n) is 4.19. The number of para-hydroxylation sites is 1. The van der Waals surface area contributed by atoms with E-state index in [0.717, 1.165) is 51.3 Å². The molecule has 1 N–H and O–H groups in total. The van der Waals surface area contributed by atoms with Crippen molar-refractivity contribution in [3.8, 4) is 0 Å². The zero-order valence-electron chi connectivity index (χ0n) is 15.3. The monoisotopic (exact) mass is 353 g/mol. The Kier molecular flexibility index (Phi) is 4.93. The quantitative estimate of drug-likeness (QED) is 0.908. The molecule has 0 bridgehead atoms. The van der Waals surface area contributed by atoms with E-state index in [2.05, 4.69) is 44.5 Å². The van der Waals surface area contributed by atoms with E-state index in [1.807, 2.05) is 30.2 Å². The van der Waals surface area contributed by atoms with Crippen molar-refractivity contribution in [1.82, 2.24) is 20.0 Å². The standard InChI is InChI=1S/C20H27N5O/c1-23-15-16(12-22-23)18-13-21-14-19(18)20(26)25-9-5-8-24(10-11-25)17-6-3-2-4-7-17/h2-4,6-7,12,15,18-19,21H,5,8-11,13-14H2,1H3/t18-,19+/m1/s1. The number of hydrogen-bond donors (Lipinski definition) is 1. The van der Waals surface area contributed by atoms with Crippen LogP contribution in [0.2, 0.25) is 0 Å². The van der Waals surface area contributed by atoms with Crippen LogP contribution in [-0.2, 0) is 11.8 Å². The molecule has 6 heteroatoms. The van der Waals surface area contributed by atoms with Gasteiger partial charge in [-0.15, -0.1) is 0 Å². The third kappa shape index (κ3) is 3.46. The van der Waals surface area contributed by atoms with Crippen LogP contribution in [0.1, 0.15) is 17.9 Å². The first-order valence-corrected chi connectivity index (χ1v) is 9.50. The van der Waals surface area contributed by atoms with E-state index in [1.54, 1.807) is 0 Å². The van der Waals surface area contributed by atoms with Gasteiger partial charge in [-0.25, -0.2) is 0 Å². The van der Waals surface area contributed by atoms with Crippen LogP contribution in [0, 0.1) is 5.92 Å². The van der Waals surface area contributed by atoms with Gasteiger partial charge in [0, 0.05) is 64.1 Å². The number of amides is 1. The van der Waals surface area contributed by atoms with Crippen LogP contribution in [0.15, 0.2) is 42.7 Å². The highest BCUT2D eigenvalue weighted by Gasteiger charge is 2.37. The summed E-state index contributed by atoms with van der Waals surface area (Å²) in [6.07, 6.45) is 4.95. The molecule has 2 saturated heterocycles. The Labute approximate surface area is 154 Å². The SMILES string of the molecule is Cn1cc([C@H]2CNC[C@@H]2C(=O)N2CCCN(c3ccccc3)CC2)cn1. The highest BCUT2D eigenvalue weighted by Crippen LogP contribution is 2.29. The molecule has 2 aliphatic heterocycles. The molecule has 1 aromatic heterocycles. The van der Waals surface area contributed by atoms with Crippen LogP contribution in [0.3, 0.4) is 0 Å². The van der Waals surface area contributed by atoms with Gasteiger partial charge in [-0.2, -0.15) is 5.10 Å². The molecular weight excluding hydrogens is 326 g/mol. The van der Waals surface area contributed by atoms with Gasteiger partial charge in [-0.1, -0.05) is 18.2 Å². The van der Waals surface area contributed by atoms with Gasteiger partial charge in [0.2, 0.25) is 5.91 Å². The van der Waals surface area contributed by atoms with E-state index in [0.29, 0.717) is 5.91 Å². The second-order valence-electron chi connectivity index (χ2n) is 7.32. The van der Waals surface area contributed by atoms with E-state index in [4.69, 9.17) is 0 Å².